The SMILES string of the molecule is C=Cc1cccc(COc2ccc(C=O)c(O)c2)c1. The first-order valence-corrected chi connectivity index (χ1v) is 5.85. The molecule has 0 aromatic heterocycles. The molecule has 0 aliphatic rings. The number of ether oxygens (including phenoxy) is 1. The van der Waals surface area contributed by atoms with Gasteiger partial charge < -0.3 is 9.84 Å². The molecule has 0 spiro atoms. The van der Waals surface area contributed by atoms with Crippen LogP contribution in [0.1, 0.15) is 21.5 Å². The second-order valence-corrected chi connectivity index (χ2v) is 4.08. The van der Waals surface area contributed by atoms with Gasteiger partial charge in [-0.25, -0.2) is 0 Å². The summed E-state index contributed by atoms with van der Waals surface area (Å²) in [4.78, 5) is 10.6. The second kappa shape index (κ2) is 5.87. The summed E-state index contributed by atoms with van der Waals surface area (Å²) in [6.45, 7) is 4.10. The van der Waals surface area contributed by atoms with E-state index in [0.29, 0.717) is 18.6 Å². The van der Waals surface area contributed by atoms with Gasteiger partial charge in [-0.1, -0.05) is 30.9 Å². The number of hydrogen-bond donors (Lipinski definition) is 1. The number of benzene rings is 2. The topological polar surface area (TPSA) is 46.5 Å². The Morgan fingerprint density at radius 2 is 2.05 bits per heavy atom. The number of rotatable bonds is 5. The van der Waals surface area contributed by atoms with Crippen molar-refractivity contribution in [2.24, 2.45) is 0 Å². The first-order chi connectivity index (χ1) is 9.22. The monoisotopic (exact) mass is 254 g/mol. The number of aldehydes is 1. The van der Waals surface area contributed by atoms with Gasteiger partial charge in [-0.2, -0.15) is 0 Å². The minimum atomic E-state index is -0.0765. The van der Waals surface area contributed by atoms with Gasteiger partial charge in [0.05, 0.1) is 5.56 Å². The third-order valence-corrected chi connectivity index (χ3v) is 2.72. The smallest absolute Gasteiger partial charge is 0.153 e. The van der Waals surface area contributed by atoms with Crippen molar-refractivity contribution >= 4 is 12.4 Å². The summed E-state index contributed by atoms with van der Waals surface area (Å²) < 4.78 is 5.56. The molecule has 0 saturated carbocycles. The molecule has 0 atom stereocenters. The van der Waals surface area contributed by atoms with E-state index in [1.807, 2.05) is 24.3 Å². The third kappa shape index (κ3) is 3.22. The average Bonchev–Trinajstić information content (AvgIpc) is 2.45. The van der Waals surface area contributed by atoms with Gasteiger partial charge in [-0.05, 0) is 29.3 Å². The van der Waals surface area contributed by atoms with Crippen LogP contribution in [0.2, 0.25) is 0 Å². The van der Waals surface area contributed by atoms with Crippen molar-refractivity contribution in [3.8, 4) is 11.5 Å². The minimum absolute atomic E-state index is 0.0765. The lowest BCUT2D eigenvalue weighted by Gasteiger charge is -2.08. The average molecular weight is 254 g/mol. The predicted molar refractivity (Wildman–Crippen MR) is 74.4 cm³/mol. The number of carbonyl (C=O) groups is 1. The summed E-state index contributed by atoms with van der Waals surface area (Å²) in [5.41, 5.74) is 2.29. The van der Waals surface area contributed by atoms with E-state index in [1.165, 1.54) is 12.1 Å². The molecule has 0 bridgehead atoms. The van der Waals surface area contributed by atoms with E-state index in [4.69, 9.17) is 4.74 Å². The molecular formula is C16H14O3. The predicted octanol–water partition coefficient (Wildman–Crippen LogP) is 3.43. The van der Waals surface area contributed by atoms with Gasteiger partial charge in [0.1, 0.15) is 18.1 Å². The molecule has 0 aliphatic carbocycles. The summed E-state index contributed by atoms with van der Waals surface area (Å²) in [6, 6.07) is 12.4. The van der Waals surface area contributed by atoms with Gasteiger partial charge in [0.15, 0.2) is 6.29 Å². The fourth-order valence-corrected chi connectivity index (χ4v) is 1.69. The second-order valence-electron chi connectivity index (χ2n) is 4.08. The van der Waals surface area contributed by atoms with Crippen LogP contribution in [0.3, 0.4) is 0 Å². The van der Waals surface area contributed by atoms with Crippen molar-refractivity contribution in [3.05, 3.63) is 65.7 Å². The molecule has 19 heavy (non-hydrogen) atoms. The lowest BCUT2D eigenvalue weighted by atomic mass is 10.1. The maximum Gasteiger partial charge on any atom is 0.153 e. The van der Waals surface area contributed by atoms with Crippen LogP contribution in [-0.2, 0) is 6.61 Å². The van der Waals surface area contributed by atoms with Gasteiger partial charge in [0, 0.05) is 6.07 Å². The molecule has 0 fully saturated rings. The van der Waals surface area contributed by atoms with Gasteiger partial charge in [-0.3, -0.25) is 4.79 Å². The normalized spacial score (nSPS) is 9.89. The van der Waals surface area contributed by atoms with Crippen LogP contribution in [0.4, 0.5) is 0 Å². The summed E-state index contributed by atoms with van der Waals surface area (Å²) in [5.74, 6) is 0.444. The van der Waals surface area contributed by atoms with E-state index in [-0.39, 0.29) is 11.3 Å². The zero-order chi connectivity index (χ0) is 13.7. The van der Waals surface area contributed by atoms with Gasteiger partial charge in [-0.15, -0.1) is 0 Å². The molecule has 0 radical (unpaired) electrons. The van der Waals surface area contributed by atoms with Gasteiger partial charge in [0.2, 0.25) is 0 Å². The maximum absolute atomic E-state index is 10.6. The third-order valence-electron chi connectivity index (χ3n) is 2.72. The minimum Gasteiger partial charge on any atom is -0.507 e. The fraction of sp³-hybridized carbons (Fsp3) is 0.0625. The molecule has 2 aromatic rings. The van der Waals surface area contributed by atoms with Crippen molar-refractivity contribution in [2.75, 3.05) is 0 Å². The highest BCUT2D eigenvalue weighted by atomic mass is 16.5. The Morgan fingerprint density at radius 1 is 1.21 bits per heavy atom. The lowest BCUT2D eigenvalue weighted by molar-refractivity contribution is 0.112. The van der Waals surface area contributed by atoms with Crippen LogP contribution in [0, 0.1) is 0 Å². The molecule has 96 valence electrons. The molecular weight excluding hydrogens is 240 g/mol. The van der Waals surface area contributed by atoms with Crippen LogP contribution in [0.15, 0.2) is 49.0 Å². The Hall–Kier alpha value is -2.55. The largest absolute Gasteiger partial charge is 0.507 e. The molecule has 2 aromatic carbocycles. The highest BCUT2D eigenvalue weighted by molar-refractivity contribution is 5.79. The van der Waals surface area contributed by atoms with Crippen molar-refractivity contribution < 1.29 is 14.6 Å². The quantitative estimate of drug-likeness (QED) is 0.831. The zero-order valence-corrected chi connectivity index (χ0v) is 10.4. The van der Waals surface area contributed by atoms with Crippen molar-refractivity contribution in [3.63, 3.8) is 0 Å². The summed E-state index contributed by atoms with van der Waals surface area (Å²) >= 11 is 0. The number of aromatic hydroxyl groups is 1. The molecule has 0 unspecified atom stereocenters. The first kappa shape index (κ1) is 12.9. The Morgan fingerprint density at radius 3 is 2.74 bits per heavy atom. The summed E-state index contributed by atoms with van der Waals surface area (Å²) in [5, 5.41) is 9.55. The Labute approximate surface area is 111 Å². The summed E-state index contributed by atoms with van der Waals surface area (Å²) in [6.07, 6.45) is 2.38. The van der Waals surface area contributed by atoms with Crippen LogP contribution in [-0.4, -0.2) is 11.4 Å². The molecule has 0 saturated heterocycles. The van der Waals surface area contributed by atoms with E-state index < -0.39 is 0 Å². The van der Waals surface area contributed by atoms with E-state index in [0.717, 1.165) is 11.1 Å². The van der Waals surface area contributed by atoms with E-state index in [1.54, 1.807) is 12.1 Å². The highest BCUT2D eigenvalue weighted by Gasteiger charge is 2.02. The van der Waals surface area contributed by atoms with E-state index >= 15 is 0 Å². The van der Waals surface area contributed by atoms with Crippen LogP contribution >= 0.6 is 0 Å². The molecule has 0 heterocycles. The highest BCUT2D eigenvalue weighted by Crippen LogP contribution is 2.23. The van der Waals surface area contributed by atoms with Gasteiger partial charge >= 0.3 is 0 Å². The zero-order valence-electron chi connectivity index (χ0n) is 10.4. The number of phenolic OH excluding ortho intramolecular Hbond substituents is 1. The Kier molecular flexibility index (Phi) is 3.98. The Bertz CT molecular complexity index is 603. The van der Waals surface area contributed by atoms with Crippen LogP contribution < -0.4 is 4.74 Å². The standard InChI is InChI=1S/C16H14O3/c1-2-12-4-3-5-13(8-12)11-19-15-7-6-14(10-17)16(18)9-15/h2-10,18H,1,11H2. The number of hydrogen-bond acceptors (Lipinski definition) is 3. The molecule has 0 amide bonds. The molecule has 0 aliphatic heterocycles. The number of phenols is 1. The first-order valence-electron chi connectivity index (χ1n) is 5.85. The van der Waals surface area contributed by atoms with Crippen molar-refractivity contribution in [2.45, 2.75) is 6.61 Å². The molecule has 1 N–H and O–H groups in total. The van der Waals surface area contributed by atoms with E-state index in [2.05, 4.69) is 6.58 Å². The fourth-order valence-electron chi connectivity index (χ4n) is 1.69. The Balaban J connectivity index is 2.07. The van der Waals surface area contributed by atoms with Crippen LogP contribution in [0.25, 0.3) is 6.08 Å². The van der Waals surface area contributed by atoms with E-state index in [9.17, 15) is 9.90 Å². The summed E-state index contributed by atoms with van der Waals surface area (Å²) in [7, 11) is 0. The lowest BCUT2D eigenvalue weighted by Crippen LogP contribution is -1.96. The van der Waals surface area contributed by atoms with Crippen LogP contribution in [0.5, 0.6) is 11.5 Å². The maximum atomic E-state index is 10.6. The van der Waals surface area contributed by atoms with Gasteiger partial charge in [0.25, 0.3) is 0 Å². The molecule has 2 rings (SSSR count). The van der Waals surface area contributed by atoms with Crippen molar-refractivity contribution in [1.82, 2.24) is 0 Å². The molecule has 3 heteroatoms. The number of carbonyl (C=O) groups excluding carboxylic acids is 1. The van der Waals surface area contributed by atoms with Crippen molar-refractivity contribution in [1.29, 1.82) is 0 Å². The molecule has 3 nitrogen and oxygen atoms in total.